The maximum absolute atomic E-state index is 14.3. The zero-order valence-corrected chi connectivity index (χ0v) is 30.0. The Morgan fingerprint density at radius 2 is 1.98 bits per heavy atom. The van der Waals surface area contributed by atoms with Crippen molar-refractivity contribution in [3.05, 3.63) is 40.4 Å². The molecule has 4 aliphatic rings. The summed E-state index contributed by atoms with van der Waals surface area (Å²) in [7, 11) is -5.04. The Hall–Kier alpha value is -4.44. The maximum Gasteiger partial charge on any atom is 0.418 e. The van der Waals surface area contributed by atoms with Crippen molar-refractivity contribution < 1.29 is 50.7 Å². The third-order valence-corrected chi connectivity index (χ3v) is 11.2. The number of hydroxylamine groups is 2. The smallest absolute Gasteiger partial charge is 0.418 e. The Morgan fingerprint density at radius 1 is 1.29 bits per heavy atom. The number of aliphatic carboxylic acids is 1. The lowest BCUT2D eigenvalue weighted by molar-refractivity contribution is -0.218. The van der Waals surface area contributed by atoms with Gasteiger partial charge in [-0.05, 0) is 88.5 Å². The van der Waals surface area contributed by atoms with Crippen molar-refractivity contribution in [1.82, 2.24) is 15.4 Å². The molecule has 1 aromatic heterocycles. The summed E-state index contributed by atoms with van der Waals surface area (Å²) in [6.45, 7) is 3.98. The number of benzene rings is 1. The van der Waals surface area contributed by atoms with E-state index in [-0.39, 0.29) is 35.2 Å². The Balaban J connectivity index is 1.15. The first-order valence-corrected chi connectivity index (χ1v) is 18.5. The van der Waals surface area contributed by atoms with Crippen LogP contribution in [0.25, 0.3) is 0 Å². The Labute approximate surface area is 301 Å². The topological polar surface area (TPSA) is 284 Å². The molecule has 3 atom stereocenters. The number of hydrogen-bond donors (Lipinski definition) is 6. The van der Waals surface area contributed by atoms with Crippen LogP contribution in [0, 0.1) is 5.41 Å². The minimum atomic E-state index is -5.04. The second-order valence-corrected chi connectivity index (χ2v) is 16.4. The number of carboxylic acid groups (broad SMARTS) is 1. The molecule has 0 bridgehead atoms. The van der Waals surface area contributed by atoms with Crippen LogP contribution < -0.4 is 27.3 Å². The van der Waals surface area contributed by atoms with Crippen LogP contribution in [0.3, 0.4) is 0 Å². The number of nitrogens with two attached hydrogens (primary N) is 3. The lowest BCUT2D eigenvalue weighted by Crippen LogP contribution is -2.76. The van der Waals surface area contributed by atoms with E-state index in [9.17, 15) is 32.3 Å². The Bertz CT molecular complexity index is 1970. The van der Waals surface area contributed by atoms with Crippen molar-refractivity contribution in [2.24, 2.45) is 27.0 Å². The number of β-lactam (4-membered cyclic amide) rings is 1. The molecular weight excluding hydrogens is 728 g/mol. The van der Waals surface area contributed by atoms with Crippen LogP contribution in [-0.2, 0) is 40.3 Å². The van der Waals surface area contributed by atoms with Gasteiger partial charge in [0.1, 0.15) is 29.0 Å². The number of halogens is 1. The molecule has 9 N–H and O–H groups in total. The number of carboxylic acids is 1. The summed E-state index contributed by atoms with van der Waals surface area (Å²) in [5.41, 5.74) is 13.5. The standard InChI is InChI=1S/C31H39FN8O10S2/c1-28(2)22(25(42)40(28)50-52(45,46)47)38-24(41)21(18-11-51-27(35)37-18)39-49-29(3,26(43)44)20-7-5-15-8-16(4-6-19(15)48-20)23(34)36-17-9-30(10-17)12-31(32,13-30)14-33/h4,6,8,11,17,20,22H,5,7,9-10,12-14,33H2,1-3H3,(H2,34,36)(H2,35,37)(H,38,41)(H,43,44)(H,45,46,47)/b39-21-/t17?,20-,22-,29?,30?,31?/m1/s1. The SMILES string of the molecule is CC(O/N=C(\C(=O)N[C@@H]1C(=O)N(OS(=O)(=O)O)C1(C)C)c1csc(N)n1)(C(=O)O)[C@H]1CCc2cc(C(N)=NC3CC4(C3)CC(F)(CN)C4)ccc2O1. The minimum absolute atomic E-state index is 0.00449. The molecule has 21 heteroatoms. The van der Waals surface area contributed by atoms with E-state index in [1.165, 1.54) is 26.2 Å². The largest absolute Gasteiger partial charge is 0.485 e. The van der Waals surface area contributed by atoms with Gasteiger partial charge >= 0.3 is 16.4 Å². The highest BCUT2D eigenvalue weighted by Gasteiger charge is 2.61. The van der Waals surface area contributed by atoms with Crippen molar-refractivity contribution >= 4 is 56.2 Å². The fourth-order valence-electron chi connectivity index (χ4n) is 7.36. The molecule has 282 valence electrons. The number of ether oxygens (including phenoxy) is 1. The highest BCUT2D eigenvalue weighted by Crippen LogP contribution is 2.62. The van der Waals surface area contributed by atoms with Crippen LogP contribution in [0.2, 0.25) is 0 Å². The van der Waals surface area contributed by atoms with E-state index >= 15 is 0 Å². The van der Waals surface area contributed by atoms with Crippen LogP contribution in [0.5, 0.6) is 5.75 Å². The quantitative estimate of drug-likeness (QED) is 0.0574. The second kappa shape index (κ2) is 12.9. The van der Waals surface area contributed by atoms with Crippen LogP contribution in [0.4, 0.5) is 9.52 Å². The fourth-order valence-corrected chi connectivity index (χ4v) is 8.36. The third-order valence-electron chi connectivity index (χ3n) is 10.2. The summed E-state index contributed by atoms with van der Waals surface area (Å²) < 4.78 is 56.1. The molecule has 2 aliphatic heterocycles. The normalized spacial score (nSPS) is 29.5. The average molecular weight is 767 g/mol. The number of nitrogens with zero attached hydrogens (tertiary/aromatic N) is 4. The molecule has 2 saturated carbocycles. The minimum Gasteiger partial charge on any atom is -0.485 e. The van der Waals surface area contributed by atoms with Gasteiger partial charge in [-0.3, -0.25) is 19.1 Å². The highest BCUT2D eigenvalue weighted by molar-refractivity contribution is 7.80. The molecule has 1 saturated heterocycles. The average Bonchev–Trinajstić information content (AvgIpc) is 3.48. The Morgan fingerprint density at radius 3 is 2.56 bits per heavy atom. The first kappa shape index (κ1) is 37.3. The van der Waals surface area contributed by atoms with E-state index in [0.29, 0.717) is 41.5 Å². The number of anilines is 1. The van der Waals surface area contributed by atoms with Gasteiger partial charge in [-0.2, -0.15) is 13.5 Å². The molecule has 2 aromatic rings. The number of aryl methyl sites for hydroxylation is 1. The first-order valence-electron chi connectivity index (χ1n) is 16.2. The molecule has 6 rings (SSSR count). The number of oxime groups is 1. The van der Waals surface area contributed by atoms with Gasteiger partial charge in [0, 0.05) is 17.5 Å². The number of carbonyl (C=O) groups is 3. The summed E-state index contributed by atoms with van der Waals surface area (Å²) in [6, 6.07) is 3.82. The summed E-state index contributed by atoms with van der Waals surface area (Å²) in [4.78, 5) is 53.1. The number of nitrogen functional groups attached to an aromatic ring is 1. The number of nitrogens with one attached hydrogen (secondary N) is 1. The first-order chi connectivity index (χ1) is 24.2. The van der Waals surface area contributed by atoms with Crippen LogP contribution in [0.1, 0.15) is 69.7 Å². The second-order valence-electron chi connectivity index (χ2n) is 14.5. The molecule has 1 unspecified atom stereocenters. The lowest BCUT2D eigenvalue weighted by Gasteiger charge is -2.59. The lowest BCUT2D eigenvalue weighted by atomic mass is 9.49. The molecule has 2 amide bonds. The van der Waals surface area contributed by atoms with Crippen molar-refractivity contribution in [3.63, 3.8) is 0 Å². The van der Waals surface area contributed by atoms with E-state index in [2.05, 4.69) is 24.7 Å². The zero-order chi connectivity index (χ0) is 38.0. The van der Waals surface area contributed by atoms with Crippen molar-refractivity contribution in [2.45, 2.75) is 94.3 Å². The van der Waals surface area contributed by atoms with Gasteiger partial charge in [-0.25, -0.2) is 14.2 Å². The predicted molar refractivity (Wildman–Crippen MR) is 183 cm³/mol. The number of rotatable bonds is 12. The van der Waals surface area contributed by atoms with Crippen molar-refractivity contribution in [3.8, 4) is 5.75 Å². The summed E-state index contributed by atoms with van der Waals surface area (Å²) in [5, 5.41) is 18.4. The van der Waals surface area contributed by atoms with Gasteiger partial charge in [0.15, 0.2) is 16.9 Å². The van der Waals surface area contributed by atoms with Gasteiger partial charge in [0.2, 0.25) is 0 Å². The van der Waals surface area contributed by atoms with Gasteiger partial charge < -0.3 is 37.2 Å². The highest BCUT2D eigenvalue weighted by atomic mass is 32.3. The molecule has 18 nitrogen and oxygen atoms in total. The van der Waals surface area contributed by atoms with E-state index < -0.39 is 62.8 Å². The Kier molecular flexibility index (Phi) is 9.26. The summed E-state index contributed by atoms with van der Waals surface area (Å²) in [6.07, 6.45) is 1.87. The molecule has 3 heterocycles. The van der Waals surface area contributed by atoms with Crippen molar-refractivity contribution in [1.29, 1.82) is 0 Å². The zero-order valence-electron chi connectivity index (χ0n) is 28.4. The predicted octanol–water partition coefficient (Wildman–Crippen LogP) is 0.838. The number of amidine groups is 1. The van der Waals surface area contributed by atoms with Crippen LogP contribution in [0.15, 0.2) is 33.7 Å². The number of thiazole rings is 1. The molecule has 0 radical (unpaired) electrons. The van der Waals surface area contributed by atoms with Gasteiger partial charge in [-0.15, -0.1) is 15.6 Å². The number of hydrogen-bond acceptors (Lipinski definition) is 14. The number of amides is 2. The fraction of sp³-hybridized carbons (Fsp3) is 0.548. The molecule has 3 fully saturated rings. The van der Waals surface area contributed by atoms with E-state index in [1.54, 1.807) is 12.1 Å². The maximum atomic E-state index is 14.3. The number of fused-ring (bicyclic) bond motifs is 1. The number of aliphatic imine (C=N–C) groups is 1. The molecular formula is C31H39FN8O10S2. The van der Waals surface area contributed by atoms with E-state index in [0.717, 1.165) is 29.7 Å². The monoisotopic (exact) mass is 766 g/mol. The molecule has 52 heavy (non-hydrogen) atoms. The number of aromatic nitrogens is 1. The van der Waals surface area contributed by atoms with E-state index in [4.69, 9.17) is 31.3 Å². The van der Waals surface area contributed by atoms with Crippen LogP contribution >= 0.6 is 11.3 Å². The summed E-state index contributed by atoms with van der Waals surface area (Å²) >= 11 is 0.955. The molecule has 2 aliphatic carbocycles. The van der Waals surface area contributed by atoms with E-state index in [1.807, 2.05) is 6.07 Å². The third kappa shape index (κ3) is 6.89. The van der Waals surface area contributed by atoms with Crippen molar-refractivity contribution in [2.75, 3.05) is 12.3 Å². The number of alkyl halides is 1. The summed E-state index contributed by atoms with van der Waals surface area (Å²) in [5.74, 6) is -2.77. The van der Waals surface area contributed by atoms with Gasteiger partial charge in [-0.1, -0.05) is 5.16 Å². The molecule has 1 spiro atoms. The number of carbonyl (C=O) groups excluding carboxylic acids is 2. The van der Waals surface area contributed by atoms with Crippen LogP contribution in [-0.4, -0.2) is 99.0 Å². The van der Waals surface area contributed by atoms with Gasteiger partial charge in [0.25, 0.3) is 17.4 Å². The molecule has 1 aromatic carbocycles. The van der Waals surface area contributed by atoms with Gasteiger partial charge in [0.05, 0.1) is 11.6 Å².